The molecule has 124 valence electrons. The normalized spacial score (nSPS) is 15.8. The Bertz CT molecular complexity index is 775. The van der Waals surface area contributed by atoms with Crippen molar-refractivity contribution in [3.63, 3.8) is 0 Å². The van der Waals surface area contributed by atoms with E-state index in [2.05, 4.69) is 30.1 Å². The number of aryl methyl sites for hydroxylation is 1. The molecule has 3 aromatic rings. The smallest absolute Gasteiger partial charge is 0.240 e. The van der Waals surface area contributed by atoms with Gasteiger partial charge in [-0.05, 0) is 31.2 Å². The lowest BCUT2D eigenvalue weighted by atomic mass is 10.3. The number of aromatic nitrogens is 4. The van der Waals surface area contributed by atoms with Gasteiger partial charge in [-0.15, -0.1) is 10.2 Å². The highest BCUT2D eigenvalue weighted by atomic mass is 16.5. The van der Waals surface area contributed by atoms with Gasteiger partial charge < -0.3 is 13.8 Å². The van der Waals surface area contributed by atoms with Crippen LogP contribution in [0.3, 0.4) is 0 Å². The van der Waals surface area contributed by atoms with Gasteiger partial charge in [-0.3, -0.25) is 4.90 Å². The van der Waals surface area contributed by atoms with Gasteiger partial charge in [0.15, 0.2) is 17.4 Å². The quantitative estimate of drug-likeness (QED) is 0.717. The molecule has 0 amide bonds. The van der Waals surface area contributed by atoms with Gasteiger partial charge in [-0.1, -0.05) is 5.16 Å². The van der Waals surface area contributed by atoms with E-state index in [1.165, 1.54) is 0 Å². The lowest BCUT2D eigenvalue weighted by molar-refractivity contribution is 0.215. The predicted octanol–water partition coefficient (Wildman–Crippen LogP) is 1.75. The highest BCUT2D eigenvalue weighted by molar-refractivity contribution is 5.53. The summed E-state index contributed by atoms with van der Waals surface area (Å²) in [7, 11) is 0. The van der Waals surface area contributed by atoms with E-state index in [9.17, 15) is 0 Å². The topological polar surface area (TPSA) is 84.3 Å². The van der Waals surface area contributed by atoms with E-state index in [1.54, 1.807) is 6.26 Å². The standard InChI is InChI=1S/C16H18N6O2/c1-12-17-16(24-20-12)11-21-6-8-22(9-7-21)15-5-4-13(18-19-15)14-3-2-10-23-14/h2-5,10H,6-9,11H2,1H3. The van der Waals surface area contributed by atoms with E-state index < -0.39 is 0 Å². The molecule has 0 atom stereocenters. The zero-order valence-electron chi connectivity index (χ0n) is 13.4. The molecule has 24 heavy (non-hydrogen) atoms. The minimum absolute atomic E-state index is 0.670. The van der Waals surface area contributed by atoms with E-state index in [0.717, 1.165) is 43.5 Å². The first-order valence-electron chi connectivity index (χ1n) is 7.92. The van der Waals surface area contributed by atoms with E-state index in [1.807, 2.05) is 31.2 Å². The second kappa shape index (κ2) is 6.40. The third kappa shape index (κ3) is 3.13. The Labute approximate surface area is 139 Å². The van der Waals surface area contributed by atoms with Crippen LogP contribution in [0.4, 0.5) is 5.82 Å². The summed E-state index contributed by atoms with van der Waals surface area (Å²) in [4.78, 5) is 8.78. The van der Waals surface area contributed by atoms with Crippen LogP contribution >= 0.6 is 0 Å². The van der Waals surface area contributed by atoms with Crippen molar-refractivity contribution in [1.29, 1.82) is 0 Å². The molecule has 4 heterocycles. The Balaban J connectivity index is 1.35. The van der Waals surface area contributed by atoms with E-state index in [4.69, 9.17) is 8.94 Å². The van der Waals surface area contributed by atoms with Gasteiger partial charge in [-0.2, -0.15) is 4.98 Å². The molecule has 0 saturated carbocycles. The minimum Gasteiger partial charge on any atom is -0.463 e. The van der Waals surface area contributed by atoms with Crippen LogP contribution in [0.25, 0.3) is 11.5 Å². The fraction of sp³-hybridized carbons (Fsp3) is 0.375. The molecular weight excluding hydrogens is 308 g/mol. The highest BCUT2D eigenvalue weighted by Gasteiger charge is 2.20. The maximum atomic E-state index is 5.33. The minimum atomic E-state index is 0.670. The number of furan rings is 1. The van der Waals surface area contributed by atoms with Gasteiger partial charge in [-0.25, -0.2) is 0 Å². The molecule has 1 aliphatic rings. The first-order valence-corrected chi connectivity index (χ1v) is 7.92. The highest BCUT2D eigenvalue weighted by Crippen LogP contribution is 2.19. The molecule has 1 saturated heterocycles. The summed E-state index contributed by atoms with van der Waals surface area (Å²) in [6.45, 7) is 6.14. The Morgan fingerprint density at radius 3 is 2.58 bits per heavy atom. The molecule has 0 spiro atoms. The van der Waals surface area contributed by atoms with Gasteiger partial charge in [0.05, 0.1) is 12.8 Å². The molecule has 3 aromatic heterocycles. The van der Waals surface area contributed by atoms with Crippen molar-refractivity contribution in [2.75, 3.05) is 31.1 Å². The number of nitrogens with zero attached hydrogens (tertiary/aromatic N) is 6. The van der Waals surface area contributed by atoms with Gasteiger partial charge in [0.25, 0.3) is 0 Å². The van der Waals surface area contributed by atoms with E-state index >= 15 is 0 Å². The van der Waals surface area contributed by atoms with Crippen LogP contribution in [0.15, 0.2) is 39.5 Å². The van der Waals surface area contributed by atoms with Crippen LogP contribution in [-0.2, 0) is 6.54 Å². The predicted molar refractivity (Wildman–Crippen MR) is 86.3 cm³/mol. The second-order valence-corrected chi connectivity index (χ2v) is 5.75. The fourth-order valence-corrected chi connectivity index (χ4v) is 2.78. The molecule has 0 unspecified atom stereocenters. The van der Waals surface area contributed by atoms with Crippen molar-refractivity contribution in [2.45, 2.75) is 13.5 Å². The Hall–Kier alpha value is -2.74. The van der Waals surface area contributed by atoms with Crippen molar-refractivity contribution >= 4 is 5.82 Å². The van der Waals surface area contributed by atoms with Gasteiger partial charge >= 0.3 is 0 Å². The zero-order valence-corrected chi connectivity index (χ0v) is 13.4. The number of piperazine rings is 1. The van der Waals surface area contributed by atoms with Gasteiger partial charge in [0.1, 0.15) is 5.69 Å². The number of hydrogen-bond donors (Lipinski definition) is 0. The lowest BCUT2D eigenvalue weighted by Gasteiger charge is -2.34. The summed E-state index contributed by atoms with van der Waals surface area (Å²) in [5.74, 6) is 2.96. The van der Waals surface area contributed by atoms with Crippen molar-refractivity contribution in [3.8, 4) is 11.5 Å². The number of rotatable bonds is 4. The fourth-order valence-electron chi connectivity index (χ4n) is 2.78. The average Bonchev–Trinajstić information content (AvgIpc) is 3.28. The summed E-state index contributed by atoms with van der Waals surface area (Å²) in [5, 5.41) is 12.4. The third-order valence-corrected chi connectivity index (χ3v) is 4.05. The number of anilines is 1. The first kappa shape index (κ1) is 14.8. The molecule has 0 bridgehead atoms. The Morgan fingerprint density at radius 2 is 1.96 bits per heavy atom. The van der Waals surface area contributed by atoms with Crippen LogP contribution in [0.5, 0.6) is 0 Å². The van der Waals surface area contributed by atoms with Gasteiger partial charge in [0.2, 0.25) is 5.89 Å². The Kier molecular flexibility index (Phi) is 3.96. The van der Waals surface area contributed by atoms with E-state index in [0.29, 0.717) is 18.3 Å². The molecule has 0 aliphatic carbocycles. The van der Waals surface area contributed by atoms with Crippen molar-refractivity contribution in [1.82, 2.24) is 25.2 Å². The van der Waals surface area contributed by atoms with Crippen molar-refractivity contribution in [2.24, 2.45) is 0 Å². The molecule has 0 aromatic carbocycles. The van der Waals surface area contributed by atoms with Gasteiger partial charge in [0, 0.05) is 26.2 Å². The zero-order chi connectivity index (χ0) is 16.4. The van der Waals surface area contributed by atoms with Crippen LogP contribution in [-0.4, -0.2) is 51.4 Å². The van der Waals surface area contributed by atoms with E-state index in [-0.39, 0.29) is 0 Å². The summed E-state index contributed by atoms with van der Waals surface area (Å²) in [6, 6.07) is 7.65. The van der Waals surface area contributed by atoms with Crippen LogP contribution in [0.1, 0.15) is 11.7 Å². The lowest BCUT2D eigenvalue weighted by Crippen LogP contribution is -2.46. The summed E-state index contributed by atoms with van der Waals surface area (Å²) in [5.41, 5.74) is 0.745. The number of hydrogen-bond acceptors (Lipinski definition) is 8. The molecule has 4 rings (SSSR count). The molecule has 8 nitrogen and oxygen atoms in total. The van der Waals surface area contributed by atoms with Crippen LogP contribution in [0.2, 0.25) is 0 Å². The molecular formula is C16H18N6O2. The maximum Gasteiger partial charge on any atom is 0.240 e. The largest absolute Gasteiger partial charge is 0.463 e. The molecule has 1 aliphatic heterocycles. The van der Waals surface area contributed by atoms with Crippen molar-refractivity contribution < 1.29 is 8.94 Å². The second-order valence-electron chi connectivity index (χ2n) is 5.75. The first-order chi connectivity index (χ1) is 11.8. The molecule has 0 radical (unpaired) electrons. The monoisotopic (exact) mass is 326 g/mol. The summed E-state index contributed by atoms with van der Waals surface area (Å²) in [6.07, 6.45) is 1.63. The van der Waals surface area contributed by atoms with Crippen molar-refractivity contribution in [3.05, 3.63) is 42.2 Å². The molecule has 1 fully saturated rings. The van der Waals surface area contributed by atoms with Crippen LogP contribution < -0.4 is 4.90 Å². The Morgan fingerprint density at radius 1 is 1.08 bits per heavy atom. The third-order valence-electron chi connectivity index (χ3n) is 4.05. The summed E-state index contributed by atoms with van der Waals surface area (Å²) >= 11 is 0. The average molecular weight is 326 g/mol. The molecule has 8 heteroatoms. The maximum absolute atomic E-state index is 5.33. The summed E-state index contributed by atoms with van der Waals surface area (Å²) < 4.78 is 10.5. The SMILES string of the molecule is Cc1noc(CN2CCN(c3ccc(-c4ccco4)nn3)CC2)n1. The molecule has 0 N–H and O–H groups in total. The van der Waals surface area contributed by atoms with Crippen LogP contribution in [0, 0.1) is 6.92 Å².